The first-order valence-corrected chi connectivity index (χ1v) is 6.39. The lowest BCUT2D eigenvalue weighted by atomic mass is 10.2. The Bertz CT molecular complexity index is 476. The Morgan fingerprint density at radius 3 is 2.75 bits per heavy atom. The van der Waals surface area contributed by atoms with E-state index in [1.54, 1.807) is 6.92 Å². The van der Waals surface area contributed by atoms with Crippen LogP contribution in [0.3, 0.4) is 0 Å². The van der Waals surface area contributed by atoms with Crippen molar-refractivity contribution < 1.29 is 24.2 Å². The number of hydrogen-bond acceptors (Lipinski definition) is 4. The largest absolute Gasteiger partial charge is 0.480 e. The van der Waals surface area contributed by atoms with Crippen molar-refractivity contribution in [2.24, 2.45) is 0 Å². The fourth-order valence-electron chi connectivity index (χ4n) is 2.01. The standard InChI is InChI=1S/C14H17NO5/c1-10-7-15(12(9-19-10)13(16)17)14(18)20-8-11-5-3-2-4-6-11/h2-6,10,12H,7-9H2,1H3,(H,16,17)/t10-,12-/m0/s1. The Morgan fingerprint density at radius 1 is 1.40 bits per heavy atom. The van der Waals surface area contributed by atoms with Crippen molar-refractivity contribution in [2.75, 3.05) is 13.2 Å². The zero-order valence-electron chi connectivity index (χ0n) is 11.2. The summed E-state index contributed by atoms with van der Waals surface area (Å²) in [7, 11) is 0. The summed E-state index contributed by atoms with van der Waals surface area (Å²) >= 11 is 0. The van der Waals surface area contributed by atoms with Gasteiger partial charge in [0.25, 0.3) is 0 Å². The quantitative estimate of drug-likeness (QED) is 0.907. The molecule has 1 aromatic rings. The van der Waals surface area contributed by atoms with Gasteiger partial charge in [0.15, 0.2) is 6.04 Å². The second-order valence-electron chi connectivity index (χ2n) is 4.69. The predicted octanol–water partition coefficient (Wildman–Crippen LogP) is 1.50. The number of carboxylic acid groups (broad SMARTS) is 1. The van der Waals surface area contributed by atoms with Crippen molar-refractivity contribution in [3.05, 3.63) is 35.9 Å². The molecule has 1 heterocycles. The van der Waals surface area contributed by atoms with E-state index in [9.17, 15) is 9.59 Å². The summed E-state index contributed by atoms with van der Waals surface area (Å²) in [6.07, 6.45) is -0.828. The van der Waals surface area contributed by atoms with Gasteiger partial charge in [-0.25, -0.2) is 9.59 Å². The third kappa shape index (κ3) is 3.48. The highest BCUT2D eigenvalue weighted by Gasteiger charge is 2.36. The summed E-state index contributed by atoms with van der Waals surface area (Å²) in [6, 6.07) is 8.25. The molecule has 1 saturated heterocycles. The highest BCUT2D eigenvalue weighted by molar-refractivity contribution is 5.80. The molecular weight excluding hydrogens is 262 g/mol. The number of ether oxygens (including phenoxy) is 2. The molecule has 1 aliphatic rings. The topological polar surface area (TPSA) is 76.1 Å². The molecule has 20 heavy (non-hydrogen) atoms. The molecule has 0 aliphatic carbocycles. The Labute approximate surface area is 116 Å². The van der Waals surface area contributed by atoms with E-state index in [0.29, 0.717) is 0 Å². The van der Waals surface area contributed by atoms with Crippen molar-refractivity contribution in [1.29, 1.82) is 0 Å². The van der Waals surface area contributed by atoms with Crippen LogP contribution in [0.2, 0.25) is 0 Å². The Kier molecular flexibility index (Phi) is 4.57. The molecule has 2 rings (SSSR count). The fourth-order valence-corrected chi connectivity index (χ4v) is 2.01. The van der Waals surface area contributed by atoms with Crippen molar-refractivity contribution in [2.45, 2.75) is 25.7 Å². The minimum absolute atomic E-state index is 0.0169. The first kappa shape index (κ1) is 14.3. The normalized spacial score (nSPS) is 22.4. The van der Waals surface area contributed by atoms with E-state index >= 15 is 0 Å². The molecular formula is C14H17NO5. The lowest BCUT2D eigenvalue weighted by Gasteiger charge is -2.35. The number of amides is 1. The molecule has 1 aliphatic heterocycles. The van der Waals surface area contributed by atoms with Crippen LogP contribution in [0, 0.1) is 0 Å². The van der Waals surface area contributed by atoms with Crippen LogP contribution in [0.15, 0.2) is 30.3 Å². The van der Waals surface area contributed by atoms with Crippen molar-refractivity contribution in [3.8, 4) is 0 Å². The van der Waals surface area contributed by atoms with Crippen LogP contribution in [0.25, 0.3) is 0 Å². The van der Waals surface area contributed by atoms with Gasteiger partial charge in [-0.2, -0.15) is 0 Å². The van der Waals surface area contributed by atoms with Crippen LogP contribution in [0.1, 0.15) is 12.5 Å². The van der Waals surface area contributed by atoms with Crippen LogP contribution in [0.4, 0.5) is 4.79 Å². The van der Waals surface area contributed by atoms with Gasteiger partial charge >= 0.3 is 12.1 Å². The minimum atomic E-state index is -1.09. The molecule has 0 saturated carbocycles. The number of morpholine rings is 1. The van der Waals surface area contributed by atoms with E-state index in [-0.39, 0.29) is 25.9 Å². The van der Waals surface area contributed by atoms with Crippen molar-refractivity contribution in [1.82, 2.24) is 4.90 Å². The maximum absolute atomic E-state index is 12.0. The highest BCUT2D eigenvalue weighted by atomic mass is 16.6. The number of rotatable bonds is 3. The SMILES string of the molecule is C[C@H]1CN(C(=O)OCc2ccccc2)[C@H](C(=O)O)CO1. The van der Waals surface area contributed by atoms with E-state index in [1.807, 2.05) is 30.3 Å². The zero-order chi connectivity index (χ0) is 14.5. The lowest BCUT2D eigenvalue weighted by Crippen LogP contribution is -2.55. The third-order valence-electron chi connectivity index (χ3n) is 3.09. The van der Waals surface area contributed by atoms with E-state index < -0.39 is 18.1 Å². The van der Waals surface area contributed by atoms with Gasteiger partial charge in [-0.3, -0.25) is 4.90 Å². The monoisotopic (exact) mass is 279 g/mol. The molecule has 0 aromatic heterocycles. The van der Waals surface area contributed by atoms with Gasteiger partial charge in [0, 0.05) is 0 Å². The minimum Gasteiger partial charge on any atom is -0.480 e. The number of nitrogens with zero attached hydrogens (tertiary/aromatic N) is 1. The maximum atomic E-state index is 12.0. The number of carbonyl (C=O) groups is 2. The molecule has 108 valence electrons. The first-order chi connectivity index (χ1) is 9.58. The predicted molar refractivity (Wildman–Crippen MR) is 70.2 cm³/mol. The van der Waals surface area contributed by atoms with E-state index in [2.05, 4.69) is 0 Å². The molecule has 0 radical (unpaired) electrons. The van der Waals surface area contributed by atoms with Gasteiger partial charge in [0.2, 0.25) is 0 Å². The number of aliphatic carboxylic acids is 1. The van der Waals surface area contributed by atoms with Crippen molar-refractivity contribution >= 4 is 12.1 Å². The Morgan fingerprint density at radius 2 is 2.10 bits per heavy atom. The average molecular weight is 279 g/mol. The number of hydrogen-bond donors (Lipinski definition) is 1. The zero-order valence-corrected chi connectivity index (χ0v) is 11.2. The molecule has 0 bridgehead atoms. The van der Waals surface area contributed by atoms with E-state index in [1.165, 1.54) is 4.90 Å². The summed E-state index contributed by atoms with van der Waals surface area (Å²) < 4.78 is 10.4. The summed E-state index contributed by atoms with van der Waals surface area (Å²) in [5.74, 6) is -1.09. The molecule has 0 spiro atoms. The average Bonchev–Trinajstić information content (AvgIpc) is 2.45. The number of carbonyl (C=O) groups excluding carboxylic acids is 1. The molecule has 6 heteroatoms. The van der Waals surface area contributed by atoms with Gasteiger partial charge in [0.05, 0.1) is 19.3 Å². The molecule has 1 fully saturated rings. The molecule has 6 nitrogen and oxygen atoms in total. The summed E-state index contributed by atoms with van der Waals surface area (Å²) in [5, 5.41) is 9.10. The summed E-state index contributed by atoms with van der Waals surface area (Å²) in [4.78, 5) is 24.3. The van der Waals surface area contributed by atoms with Gasteiger partial charge in [0.1, 0.15) is 6.61 Å². The number of benzene rings is 1. The van der Waals surface area contributed by atoms with Gasteiger partial charge in [-0.05, 0) is 12.5 Å². The van der Waals surface area contributed by atoms with Crippen LogP contribution >= 0.6 is 0 Å². The summed E-state index contributed by atoms with van der Waals surface area (Å²) in [6.45, 7) is 2.11. The maximum Gasteiger partial charge on any atom is 0.411 e. The van der Waals surface area contributed by atoms with Crippen LogP contribution in [-0.2, 0) is 20.9 Å². The second kappa shape index (κ2) is 6.38. The molecule has 0 unspecified atom stereocenters. The van der Waals surface area contributed by atoms with Gasteiger partial charge in [-0.15, -0.1) is 0 Å². The van der Waals surface area contributed by atoms with E-state index in [0.717, 1.165) is 5.56 Å². The van der Waals surface area contributed by atoms with Gasteiger partial charge < -0.3 is 14.6 Å². The summed E-state index contributed by atoms with van der Waals surface area (Å²) in [5.41, 5.74) is 0.856. The lowest BCUT2D eigenvalue weighted by molar-refractivity contribution is -0.151. The van der Waals surface area contributed by atoms with E-state index in [4.69, 9.17) is 14.6 Å². The molecule has 1 N–H and O–H groups in total. The van der Waals surface area contributed by atoms with Crippen LogP contribution in [-0.4, -0.2) is 47.4 Å². The smallest absolute Gasteiger partial charge is 0.411 e. The van der Waals surface area contributed by atoms with Gasteiger partial charge in [-0.1, -0.05) is 30.3 Å². The Balaban J connectivity index is 1.97. The third-order valence-corrected chi connectivity index (χ3v) is 3.09. The van der Waals surface area contributed by atoms with Crippen LogP contribution in [0.5, 0.6) is 0 Å². The fraction of sp³-hybridized carbons (Fsp3) is 0.429. The molecule has 2 atom stereocenters. The Hall–Kier alpha value is -2.08. The van der Waals surface area contributed by atoms with Crippen molar-refractivity contribution in [3.63, 3.8) is 0 Å². The first-order valence-electron chi connectivity index (χ1n) is 6.39. The molecule has 1 amide bonds. The second-order valence-corrected chi connectivity index (χ2v) is 4.69. The number of carboxylic acids is 1. The van der Waals surface area contributed by atoms with Crippen LogP contribution < -0.4 is 0 Å². The highest BCUT2D eigenvalue weighted by Crippen LogP contribution is 2.14. The molecule has 1 aromatic carbocycles.